The first-order chi connectivity index (χ1) is 6.50. The first-order valence-corrected chi connectivity index (χ1v) is 5.57. The van der Waals surface area contributed by atoms with Gasteiger partial charge in [-0.1, -0.05) is 0 Å². The molecule has 0 bridgehead atoms. The summed E-state index contributed by atoms with van der Waals surface area (Å²) in [5, 5.41) is 6.81. The van der Waals surface area contributed by atoms with Gasteiger partial charge in [0.05, 0.1) is 4.90 Å². The van der Waals surface area contributed by atoms with Crippen LogP contribution in [0.25, 0.3) is 11.0 Å². The van der Waals surface area contributed by atoms with Crippen molar-refractivity contribution in [2.45, 2.75) is 4.90 Å². The van der Waals surface area contributed by atoms with Gasteiger partial charge in [0.25, 0.3) is 0 Å². The van der Waals surface area contributed by atoms with Gasteiger partial charge < -0.3 is 4.55 Å². The van der Waals surface area contributed by atoms with E-state index in [1.807, 2.05) is 0 Å². The molecule has 0 atom stereocenters. The Kier molecular flexibility index (Phi) is 2.05. The molecule has 0 aliphatic rings. The van der Waals surface area contributed by atoms with Gasteiger partial charge in [0.15, 0.2) is 11.0 Å². The topological polar surface area (TPSA) is 96.1 Å². The lowest BCUT2D eigenvalue weighted by Crippen LogP contribution is -1.99. The lowest BCUT2D eigenvalue weighted by molar-refractivity contribution is 0.315. The summed E-state index contributed by atoms with van der Waals surface area (Å²) in [4.78, 5) is -0.433. The van der Waals surface area contributed by atoms with Crippen LogP contribution in [0.1, 0.15) is 0 Å². The minimum atomic E-state index is -4.55. The third-order valence-electron chi connectivity index (χ3n) is 1.60. The summed E-state index contributed by atoms with van der Waals surface area (Å²) in [6.07, 6.45) is 0. The van der Waals surface area contributed by atoms with Crippen LogP contribution in [0.2, 0.25) is 0 Å². The molecule has 14 heavy (non-hydrogen) atoms. The number of fused-ring (bicyclic) bond motifs is 1. The SMILES string of the molecule is O=S(=O)([O-])c1ccc(Br)c2nonc12. The standard InChI is InChI=1S/C6H3BrN2O4S/c7-3-1-2-4(14(10,11)12)6-5(3)8-13-9-6/h1-2H,(H,10,11,12)/p-1. The lowest BCUT2D eigenvalue weighted by Gasteiger charge is -2.06. The third kappa shape index (κ3) is 1.41. The van der Waals surface area contributed by atoms with E-state index in [4.69, 9.17) is 0 Å². The predicted octanol–water partition coefficient (Wildman–Crippen LogP) is 0.889. The van der Waals surface area contributed by atoms with Gasteiger partial charge in [-0.05, 0) is 38.4 Å². The number of aromatic nitrogens is 2. The van der Waals surface area contributed by atoms with E-state index in [0.717, 1.165) is 6.07 Å². The van der Waals surface area contributed by atoms with Crippen LogP contribution in [-0.2, 0) is 10.1 Å². The van der Waals surface area contributed by atoms with Gasteiger partial charge in [-0.25, -0.2) is 13.0 Å². The van der Waals surface area contributed by atoms with Crippen LogP contribution in [0, 0.1) is 0 Å². The molecule has 1 aromatic heterocycles. The van der Waals surface area contributed by atoms with Gasteiger partial charge in [-0.3, -0.25) is 0 Å². The molecule has 0 aliphatic carbocycles. The molecule has 0 unspecified atom stereocenters. The highest BCUT2D eigenvalue weighted by Gasteiger charge is 2.14. The molecule has 1 heterocycles. The van der Waals surface area contributed by atoms with Crippen molar-refractivity contribution in [3.8, 4) is 0 Å². The maximum absolute atomic E-state index is 10.8. The Morgan fingerprint density at radius 2 is 1.93 bits per heavy atom. The Morgan fingerprint density at radius 3 is 2.57 bits per heavy atom. The molecule has 0 aliphatic heterocycles. The summed E-state index contributed by atoms with van der Waals surface area (Å²) in [7, 11) is -4.55. The first kappa shape index (κ1) is 9.56. The number of hydrogen-bond acceptors (Lipinski definition) is 6. The second-order valence-corrected chi connectivity index (χ2v) is 4.66. The molecule has 0 saturated carbocycles. The summed E-state index contributed by atoms with van der Waals surface area (Å²) in [6, 6.07) is 2.55. The average molecular weight is 278 g/mol. The Balaban J connectivity index is 2.93. The Morgan fingerprint density at radius 1 is 1.29 bits per heavy atom. The van der Waals surface area contributed by atoms with E-state index < -0.39 is 15.0 Å². The fraction of sp³-hybridized carbons (Fsp3) is 0. The van der Waals surface area contributed by atoms with Gasteiger partial charge in [0.2, 0.25) is 0 Å². The zero-order valence-corrected chi connectivity index (χ0v) is 8.87. The number of nitrogens with zero attached hydrogens (tertiary/aromatic N) is 2. The van der Waals surface area contributed by atoms with Crippen LogP contribution in [0.15, 0.2) is 26.1 Å². The monoisotopic (exact) mass is 277 g/mol. The van der Waals surface area contributed by atoms with E-state index >= 15 is 0 Å². The van der Waals surface area contributed by atoms with Gasteiger partial charge in [0.1, 0.15) is 10.1 Å². The highest BCUT2D eigenvalue weighted by Crippen LogP contribution is 2.26. The van der Waals surface area contributed by atoms with Crippen molar-refractivity contribution in [3.05, 3.63) is 16.6 Å². The quantitative estimate of drug-likeness (QED) is 0.718. The molecule has 0 amide bonds. The van der Waals surface area contributed by atoms with Crippen LogP contribution in [0.4, 0.5) is 0 Å². The fourth-order valence-electron chi connectivity index (χ4n) is 1.02. The molecular formula is C6H2BrN2O4S-. The zero-order valence-electron chi connectivity index (χ0n) is 6.47. The van der Waals surface area contributed by atoms with Crippen molar-refractivity contribution in [1.82, 2.24) is 10.3 Å². The second kappa shape index (κ2) is 3.01. The molecule has 74 valence electrons. The minimum absolute atomic E-state index is 0.0608. The van der Waals surface area contributed by atoms with Crippen LogP contribution in [0.3, 0.4) is 0 Å². The van der Waals surface area contributed by atoms with Crippen molar-refractivity contribution in [2.75, 3.05) is 0 Å². The summed E-state index contributed by atoms with van der Waals surface area (Å²) < 4.78 is 37.2. The molecule has 0 spiro atoms. The van der Waals surface area contributed by atoms with Crippen molar-refractivity contribution in [1.29, 1.82) is 0 Å². The predicted molar refractivity (Wildman–Crippen MR) is 47.5 cm³/mol. The number of hydrogen-bond donors (Lipinski definition) is 0. The summed E-state index contributed by atoms with van der Waals surface area (Å²) in [5.41, 5.74) is 0.149. The Labute approximate surface area is 86.7 Å². The molecule has 8 heteroatoms. The average Bonchev–Trinajstić information content (AvgIpc) is 2.50. The van der Waals surface area contributed by atoms with E-state index in [-0.39, 0.29) is 11.0 Å². The number of halogens is 1. The van der Waals surface area contributed by atoms with Crippen LogP contribution < -0.4 is 0 Å². The second-order valence-electron chi connectivity index (χ2n) is 2.46. The smallest absolute Gasteiger partial charge is 0.153 e. The summed E-state index contributed by atoms with van der Waals surface area (Å²) >= 11 is 3.12. The van der Waals surface area contributed by atoms with E-state index in [2.05, 4.69) is 30.9 Å². The molecule has 0 saturated heterocycles. The van der Waals surface area contributed by atoms with E-state index in [1.54, 1.807) is 0 Å². The van der Waals surface area contributed by atoms with Crippen molar-refractivity contribution in [2.24, 2.45) is 0 Å². The van der Waals surface area contributed by atoms with Gasteiger partial charge in [0, 0.05) is 4.47 Å². The Hall–Kier alpha value is -0.990. The van der Waals surface area contributed by atoms with Crippen LogP contribution in [-0.4, -0.2) is 23.3 Å². The number of rotatable bonds is 1. The zero-order chi connectivity index (χ0) is 10.3. The van der Waals surface area contributed by atoms with Gasteiger partial charge in [-0.2, -0.15) is 0 Å². The van der Waals surface area contributed by atoms with E-state index in [0.29, 0.717) is 4.47 Å². The summed E-state index contributed by atoms with van der Waals surface area (Å²) in [6.45, 7) is 0. The summed E-state index contributed by atoms with van der Waals surface area (Å²) in [5.74, 6) is 0. The van der Waals surface area contributed by atoms with Crippen molar-refractivity contribution < 1.29 is 17.6 Å². The molecule has 0 radical (unpaired) electrons. The van der Waals surface area contributed by atoms with Gasteiger partial charge in [-0.15, -0.1) is 0 Å². The fourth-order valence-corrected chi connectivity index (χ4v) is 2.01. The highest BCUT2D eigenvalue weighted by molar-refractivity contribution is 9.10. The maximum atomic E-state index is 10.8. The molecule has 0 fully saturated rings. The van der Waals surface area contributed by atoms with Crippen LogP contribution in [0.5, 0.6) is 0 Å². The van der Waals surface area contributed by atoms with Crippen LogP contribution >= 0.6 is 15.9 Å². The first-order valence-electron chi connectivity index (χ1n) is 3.37. The molecule has 0 N–H and O–H groups in total. The van der Waals surface area contributed by atoms with E-state index in [1.165, 1.54) is 6.07 Å². The van der Waals surface area contributed by atoms with Crippen molar-refractivity contribution >= 4 is 37.1 Å². The molecule has 2 rings (SSSR count). The van der Waals surface area contributed by atoms with Crippen molar-refractivity contribution in [3.63, 3.8) is 0 Å². The van der Waals surface area contributed by atoms with Gasteiger partial charge >= 0.3 is 0 Å². The third-order valence-corrected chi connectivity index (χ3v) is 3.11. The normalized spacial score (nSPS) is 12.1. The highest BCUT2D eigenvalue weighted by atomic mass is 79.9. The molecule has 1 aromatic carbocycles. The largest absolute Gasteiger partial charge is 0.744 e. The molecule has 2 aromatic rings. The molecule has 6 nitrogen and oxygen atoms in total. The number of benzene rings is 1. The molecular weight excluding hydrogens is 276 g/mol. The lowest BCUT2D eigenvalue weighted by atomic mass is 10.3. The Bertz CT molecular complexity index is 591. The minimum Gasteiger partial charge on any atom is -0.744 e. The van der Waals surface area contributed by atoms with E-state index in [9.17, 15) is 13.0 Å². The maximum Gasteiger partial charge on any atom is 0.153 e.